The lowest BCUT2D eigenvalue weighted by Crippen LogP contribution is -2.33. The van der Waals surface area contributed by atoms with Crippen molar-refractivity contribution in [2.75, 3.05) is 25.6 Å². The second-order valence-electron chi connectivity index (χ2n) is 9.47. The Labute approximate surface area is 251 Å². The maximum atomic E-state index is 13.3. The molecule has 1 unspecified atom stereocenters. The predicted molar refractivity (Wildman–Crippen MR) is 156 cm³/mol. The summed E-state index contributed by atoms with van der Waals surface area (Å²) in [7, 11) is 1.17. The number of esters is 3. The summed E-state index contributed by atoms with van der Waals surface area (Å²) in [6.45, 7) is 2.51. The SMILES string of the molecule is COC(=O)C1=C(C)NC(C)=C(C(=O)OCCOC(=O)c2ccc(NC(=O)c3ccccc3)nc2)C1c1ccccc1[N+](=O)[O-]. The number of pyridine rings is 1. The number of rotatable bonds is 10. The minimum absolute atomic E-state index is 0.0154. The largest absolute Gasteiger partial charge is 0.466 e. The van der Waals surface area contributed by atoms with Crippen LogP contribution in [0.5, 0.6) is 0 Å². The van der Waals surface area contributed by atoms with Crippen LogP contribution in [0.1, 0.15) is 46.0 Å². The second kappa shape index (κ2) is 13.9. The minimum Gasteiger partial charge on any atom is -0.466 e. The van der Waals surface area contributed by atoms with Crippen LogP contribution >= 0.6 is 0 Å². The van der Waals surface area contributed by atoms with E-state index >= 15 is 0 Å². The zero-order valence-corrected chi connectivity index (χ0v) is 24.0. The van der Waals surface area contributed by atoms with Crippen LogP contribution < -0.4 is 10.6 Å². The molecule has 0 saturated heterocycles. The molecule has 1 aliphatic rings. The lowest BCUT2D eigenvalue weighted by atomic mass is 9.79. The quantitative estimate of drug-likeness (QED) is 0.113. The fraction of sp³-hybridized carbons (Fsp3) is 0.194. The van der Waals surface area contributed by atoms with E-state index in [2.05, 4.69) is 15.6 Å². The fourth-order valence-electron chi connectivity index (χ4n) is 4.65. The van der Waals surface area contributed by atoms with Crippen molar-refractivity contribution in [1.29, 1.82) is 0 Å². The highest BCUT2D eigenvalue weighted by molar-refractivity contribution is 6.04. The van der Waals surface area contributed by atoms with E-state index in [0.29, 0.717) is 17.0 Å². The number of nitro groups is 1. The molecule has 2 N–H and O–H groups in total. The maximum Gasteiger partial charge on any atom is 0.339 e. The van der Waals surface area contributed by atoms with Gasteiger partial charge in [0, 0.05) is 34.8 Å². The van der Waals surface area contributed by atoms with Crippen LogP contribution in [-0.4, -0.2) is 54.0 Å². The smallest absolute Gasteiger partial charge is 0.339 e. The number of nitrogens with one attached hydrogen (secondary N) is 2. The van der Waals surface area contributed by atoms with E-state index in [1.165, 1.54) is 43.6 Å². The molecular formula is C31H28N4O9. The van der Waals surface area contributed by atoms with E-state index in [4.69, 9.17) is 14.2 Å². The second-order valence-corrected chi connectivity index (χ2v) is 9.47. The number of benzene rings is 2. The standard InChI is InChI=1S/C31H28N4O9/c1-18-25(30(38)42-3)27(22-11-7-8-12-23(22)35(40)41)26(19(2)33-18)31(39)44-16-15-43-29(37)21-13-14-24(32-17-21)34-28(36)20-9-5-4-6-10-20/h4-14,17,27,33H,15-16H2,1-3H3,(H,32,34,36). The van der Waals surface area contributed by atoms with Crippen LogP contribution in [0.15, 0.2) is 95.5 Å². The predicted octanol–water partition coefficient (Wildman–Crippen LogP) is 4.05. The van der Waals surface area contributed by atoms with E-state index < -0.39 is 28.7 Å². The molecule has 226 valence electrons. The number of nitrogens with zero attached hydrogens (tertiary/aromatic N) is 2. The number of para-hydroxylation sites is 1. The zero-order valence-electron chi connectivity index (χ0n) is 24.0. The summed E-state index contributed by atoms with van der Waals surface area (Å²) in [6.07, 6.45) is 1.23. The molecule has 1 amide bonds. The number of ether oxygens (including phenoxy) is 3. The Morgan fingerprint density at radius 1 is 0.841 bits per heavy atom. The minimum atomic E-state index is -1.16. The van der Waals surface area contributed by atoms with Crippen LogP contribution in [0, 0.1) is 10.1 Å². The number of carbonyl (C=O) groups excluding carboxylic acids is 4. The van der Waals surface area contributed by atoms with Gasteiger partial charge in [-0.3, -0.25) is 14.9 Å². The summed E-state index contributed by atoms with van der Waals surface area (Å²) in [4.78, 5) is 66.2. The molecule has 0 fully saturated rings. The molecule has 4 rings (SSSR count). The Balaban J connectivity index is 1.41. The van der Waals surface area contributed by atoms with E-state index in [9.17, 15) is 29.3 Å². The summed E-state index contributed by atoms with van der Waals surface area (Å²) < 4.78 is 15.5. The maximum absolute atomic E-state index is 13.3. The van der Waals surface area contributed by atoms with Crippen molar-refractivity contribution in [1.82, 2.24) is 10.3 Å². The number of hydrogen-bond acceptors (Lipinski definition) is 11. The summed E-state index contributed by atoms with van der Waals surface area (Å²) in [6, 6.07) is 17.2. The number of allylic oxidation sites excluding steroid dienone is 2. The van der Waals surface area contributed by atoms with Crippen LogP contribution in [0.25, 0.3) is 0 Å². The first-order valence-corrected chi connectivity index (χ1v) is 13.3. The van der Waals surface area contributed by atoms with Gasteiger partial charge < -0.3 is 24.8 Å². The van der Waals surface area contributed by atoms with E-state index in [0.717, 1.165) is 0 Å². The molecule has 13 heteroatoms. The number of carbonyl (C=O) groups is 4. The zero-order chi connectivity index (χ0) is 31.8. The molecule has 44 heavy (non-hydrogen) atoms. The van der Waals surface area contributed by atoms with Crippen molar-refractivity contribution < 1.29 is 38.3 Å². The normalized spacial score (nSPS) is 14.3. The molecule has 2 heterocycles. The average Bonchev–Trinajstić information content (AvgIpc) is 3.02. The van der Waals surface area contributed by atoms with E-state index in [1.54, 1.807) is 50.2 Å². The van der Waals surface area contributed by atoms with Gasteiger partial charge in [0.2, 0.25) is 0 Å². The summed E-state index contributed by atoms with van der Waals surface area (Å²) in [5.74, 6) is -3.67. The van der Waals surface area contributed by atoms with Crippen LogP contribution in [0.4, 0.5) is 11.5 Å². The van der Waals surface area contributed by atoms with Gasteiger partial charge in [0.15, 0.2) is 0 Å². The number of nitro benzene ring substituents is 1. The Morgan fingerprint density at radius 2 is 1.45 bits per heavy atom. The Kier molecular flexibility index (Phi) is 9.81. The Hall–Kier alpha value is -5.85. The molecule has 0 spiro atoms. The molecule has 0 aliphatic carbocycles. The number of anilines is 1. The molecule has 0 bridgehead atoms. The summed E-state index contributed by atoms with van der Waals surface area (Å²) >= 11 is 0. The first-order chi connectivity index (χ1) is 21.1. The van der Waals surface area contributed by atoms with Gasteiger partial charge in [-0.05, 0) is 38.1 Å². The third kappa shape index (κ3) is 6.95. The van der Waals surface area contributed by atoms with E-state index in [-0.39, 0.29) is 52.9 Å². The highest BCUT2D eigenvalue weighted by atomic mass is 16.6. The van der Waals surface area contributed by atoms with Gasteiger partial charge in [-0.2, -0.15) is 0 Å². The average molecular weight is 601 g/mol. The fourth-order valence-corrected chi connectivity index (χ4v) is 4.65. The van der Waals surface area contributed by atoms with Gasteiger partial charge in [-0.1, -0.05) is 36.4 Å². The number of aromatic nitrogens is 1. The van der Waals surface area contributed by atoms with E-state index in [1.807, 2.05) is 0 Å². The Bertz CT molecular complexity index is 1660. The molecule has 1 aromatic heterocycles. The Morgan fingerprint density at radius 3 is 2.07 bits per heavy atom. The van der Waals surface area contributed by atoms with Gasteiger partial charge in [0.25, 0.3) is 11.6 Å². The lowest BCUT2D eigenvalue weighted by Gasteiger charge is -2.30. The highest BCUT2D eigenvalue weighted by Gasteiger charge is 2.40. The topological polar surface area (TPSA) is 176 Å². The third-order valence-electron chi connectivity index (χ3n) is 6.66. The molecule has 1 aliphatic heterocycles. The number of amides is 1. The third-order valence-corrected chi connectivity index (χ3v) is 6.66. The van der Waals surface area contributed by atoms with Crippen LogP contribution in [-0.2, 0) is 23.8 Å². The monoisotopic (exact) mass is 600 g/mol. The summed E-state index contributed by atoms with van der Waals surface area (Å²) in [5.41, 5.74) is 1.03. The van der Waals surface area contributed by atoms with Crippen molar-refractivity contribution in [2.45, 2.75) is 19.8 Å². The number of dihydropyridines is 1. The van der Waals surface area contributed by atoms with Crippen molar-refractivity contribution in [3.8, 4) is 0 Å². The van der Waals surface area contributed by atoms with Gasteiger partial charge in [0.05, 0.1) is 34.7 Å². The van der Waals surface area contributed by atoms with Crippen LogP contribution in [0.2, 0.25) is 0 Å². The first kappa shape index (κ1) is 31.1. The molecule has 3 aromatic rings. The van der Waals surface area contributed by atoms with Crippen molar-refractivity contribution in [3.05, 3.63) is 122 Å². The van der Waals surface area contributed by atoms with Crippen molar-refractivity contribution in [3.63, 3.8) is 0 Å². The molecule has 13 nitrogen and oxygen atoms in total. The van der Waals surface area contributed by atoms with Gasteiger partial charge in [-0.15, -0.1) is 0 Å². The highest BCUT2D eigenvalue weighted by Crippen LogP contribution is 2.42. The van der Waals surface area contributed by atoms with Crippen molar-refractivity contribution in [2.24, 2.45) is 0 Å². The molecule has 1 atom stereocenters. The van der Waals surface area contributed by atoms with Crippen molar-refractivity contribution >= 4 is 35.3 Å². The van der Waals surface area contributed by atoms with Gasteiger partial charge >= 0.3 is 17.9 Å². The van der Waals surface area contributed by atoms with Crippen LogP contribution in [0.3, 0.4) is 0 Å². The number of hydrogen-bond donors (Lipinski definition) is 2. The van der Waals surface area contributed by atoms with Gasteiger partial charge in [-0.25, -0.2) is 19.4 Å². The summed E-state index contributed by atoms with van der Waals surface area (Å²) in [5, 5.41) is 17.4. The molecular weight excluding hydrogens is 572 g/mol. The lowest BCUT2D eigenvalue weighted by molar-refractivity contribution is -0.385. The molecule has 2 aromatic carbocycles. The number of methoxy groups -OCH3 is 1. The first-order valence-electron chi connectivity index (χ1n) is 13.3. The molecule has 0 saturated carbocycles. The molecule has 0 radical (unpaired) electrons. The van der Waals surface area contributed by atoms with Gasteiger partial charge in [0.1, 0.15) is 19.0 Å².